The molecule has 0 spiro atoms. The van der Waals surface area contributed by atoms with Gasteiger partial charge in [-0.15, -0.1) is 0 Å². The highest BCUT2D eigenvalue weighted by Gasteiger charge is 2.15. The molecule has 0 bridgehead atoms. The third-order valence-corrected chi connectivity index (χ3v) is 4.95. The fourth-order valence-corrected chi connectivity index (χ4v) is 3.54. The van der Waals surface area contributed by atoms with E-state index in [1.54, 1.807) is 19.1 Å². The Labute approximate surface area is 127 Å². The molecule has 6 heteroatoms. The Morgan fingerprint density at radius 2 is 1.81 bits per heavy atom. The van der Waals surface area contributed by atoms with Crippen molar-refractivity contribution in [3.63, 3.8) is 0 Å². The number of primary sulfonamides is 1. The molecule has 1 saturated heterocycles. The Morgan fingerprint density at radius 3 is 2.43 bits per heavy atom. The van der Waals surface area contributed by atoms with Crippen LogP contribution in [0.2, 0.25) is 0 Å². The van der Waals surface area contributed by atoms with Crippen molar-refractivity contribution in [2.75, 3.05) is 26.2 Å². The van der Waals surface area contributed by atoms with Crippen molar-refractivity contribution >= 4 is 10.0 Å². The third-order valence-electron chi connectivity index (χ3n) is 3.89. The van der Waals surface area contributed by atoms with Gasteiger partial charge in [0.1, 0.15) is 12.4 Å². The van der Waals surface area contributed by atoms with Gasteiger partial charge in [-0.3, -0.25) is 4.90 Å². The molecule has 0 unspecified atom stereocenters. The van der Waals surface area contributed by atoms with Gasteiger partial charge in [-0.1, -0.05) is 6.42 Å². The standard InChI is InChI=1S/C15H24N2O3S/c1-12-11-15(21(16,18)19)13(2)10-14(12)20-9-8-17-6-4-3-5-7-17/h10-11H,3-9H2,1-2H3,(H2,16,18,19). The molecule has 2 N–H and O–H groups in total. The summed E-state index contributed by atoms with van der Waals surface area (Å²) in [4.78, 5) is 2.58. The van der Waals surface area contributed by atoms with Crippen molar-refractivity contribution < 1.29 is 13.2 Å². The largest absolute Gasteiger partial charge is 0.492 e. The van der Waals surface area contributed by atoms with Crippen LogP contribution in [-0.2, 0) is 10.0 Å². The molecule has 1 aliphatic rings. The maximum Gasteiger partial charge on any atom is 0.238 e. The Kier molecular flexibility index (Phi) is 5.24. The van der Waals surface area contributed by atoms with E-state index in [0.717, 1.165) is 30.9 Å². The Balaban J connectivity index is 1.99. The van der Waals surface area contributed by atoms with Crippen LogP contribution < -0.4 is 9.88 Å². The highest BCUT2D eigenvalue weighted by molar-refractivity contribution is 7.89. The predicted octanol–water partition coefficient (Wildman–Crippen LogP) is 1.82. The second-order valence-corrected chi connectivity index (χ2v) is 7.21. The SMILES string of the molecule is Cc1cc(S(N)(=O)=O)c(C)cc1OCCN1CCCCC1. The Bertz CT molecular complexity index is 593. The van der Waals surface area contributed by atoms with E-state index >= 15 is 0 Å². The lowest BCUT2D eigenvalue weighted by Gasteiger charge is -2.26. The second-order valence-electron chi connectivity index (χ2n) is 5.68. The summed E-state index contributed by atoms with van der Waals surface area (Å²) in [5.74, 6) is 0.733. The average molecular weight is 312 g/mol. The molecule has 2 rings (SSSR count). The first kappa shape index (κ1) is 16.3. The number of nitrogens with two attached hydrogens (primary N) is 1. The van der Waals surface area contributed by atoms with Gasteiger partial charge in [0.2, 0.25) is 10.0 Å². The summed E-state index contributed by atoms with van der Waals surface area (Å²) in [7, 11) is -3.67. The number of likely N-dealkylation sites (tertiary alicyclic amines) is 1. The van der Waals surface area contributed by atoms with Gasteiger partial charge >= 0.3 is 0 Å². The van der Waals surface area contributed by atoms with Crippen LogP contribution in [-0.4, -0.2) is 39.6 Å². The first-order valence-corrected chi connectivity index (χ1v) is 8.92. The van der Waals surface area contributed by atoms with E-state index in [4.69, 9.17) is 9.88 Å². The van der Waals surface area contributed by atoms with Crippen LogP contribution in [0.4, 0.5) is 0 Å². The lowest BCUT2D eigenvalue weighted by molar-refractivity contribution is 0.183. The maximum atomic E-state index is 11.5. The predicted molar refractivity (Wildman–Crippen MR) is 83.1 cm³/mol. The van der Waals surface area contributed by atoms with Crippen molar-refractivity contribution in [2.24, 2.45) is 5.14 Å². The quantitative estimate of drug-likeness (QED) is 0.900. The number of nitrogens with zero attached hydrogens (tertiary/aromatic N) is 1. The smallest absolute Gasteiger partial charge is 0.238 e. The molecule has 1 aromatic carbocycles. The zero-order chi connectivity index (χ0) is 15.5. The first-order valence-electron chi connectivity index (χ1n) is 7.37. The molecule has 5 nitrogen and oxygen atoms in total. The molecule has 0 amide bonds. The number of piperidine rings is 1. The third kappa shape index (κ3) is 4.43. The van der Waals surface area contributed by atoms with E-state index in [9.17, 15) is 8.42 Å². The number of sulfonamides is 1. The molecule has 1 fully saturated rings. The number of ether oxygens (including phenoxy) is 1. The zero-order valence-corrected chi connectivity index (χ0v) is 13.6. The van der Waals surface area contributed by atoms with Crippen LogP contribution in [0.1, 0.15) is 30.4 Å². The molecular formula is C15H24N2O3S. The summed E-state index contributed by atoms with van der Waals surface area (Å²) >= 11 is 0. The van der Waals surface area contributed by atoms with Gasteiger partial charge in [0.15, 0.2) is 0 Å². The molecule has 0 atom stereocenters. The van der Waals surface area contributed by atoms with Gasteiger partial charge in [-0.25, -0.2) is 13.6 Å². The molecule has 118 valence electrons. The minimum Gasteiger partial charge on any atom is -0.492 e. The van der Waals surface area contributed by atoms with Crippen LogP contribution >= 0.6 is 0 Å². The lowest BCUT2D eigenvalue weighted by atomic mass is 10.1. The number of hydrogen-bond acceptors (Lipinski definition) is 4. The van der Waals surface area contributed by atoms with E-state index < -0.39 is 10.0 Å². The van der Waals surface area contributed by atoms with Crippen molar-refractivity contribution in [1.82, 2.24) is 4.90 Å². The van der Waals surface area contributed by atoms with Gasteiger partial charge in [0.25, 0.3) is 0 Å². The van der Waals surface area contributed by atoms with Crippen LogP contribution in [0.3, 0.4) is 0 Å². The number of hydrogen-bond donors (Lipinski definition) is 1. The van der Waals surface area contributed by atoms with E-state index in [1.165, 1.54) is 19.3 Å². The summed E-state index contributed by atoms with van der Waals surface area (Å²) in [5.41, 5.74) is 1.42. The molecule has 1 aliphatic heterocycles. The fraction of sp³-hybridized carbons (Fsp3) is 0.600. The number of rotatable bonds is 5. The molecule has 0 saturated carbocycles. The van der Waals surface area contributed by atoms with E-state index in [0.29, 0.717) is 12.2 Å². The van der Waals surface area contributed by atoms with Crippen molar-refractivity contribution in [3.05, 3.63) is 23.3 Å². The van der Waals surface area contributed by atoms with Crippen molar-refractivity contribution in [2.45, 2.75) is 38.0 Å². The highest BCUT2D eigenvalue weighted by atomic mass is 32.2. The van der Waals surface area contributed by atoms with Gasteiger partial charge in [-0.05, 0) is 63.0 Å². The Morgan fingerprint density at radius 1 is 1.14 bits per heavy atom. The summed E-state index contributed by atoms with van der Waals surface area (Å²) in [5, 5.41) is 5.20. The average Bonchev–Trinajstić information content (AvgIpc) is 2.42. The highest BCUT2D eigenvalue weighted by Crippen LogP contribution is 2.25. The van der Waals surface area contributed by atoms with E-state index in [1.807, 2.05) is 6.92 Å². The first-order chi connectivity index (χ1) is 9.88. The molecule has 0 aliphatic carbocycles. The van der Waals surface area contributed by atoms with Crippen LogP contribution in [0, 0.1) is 13.8 Å². The zero-order valence-electron chi connectivity index (χ0n) is 12.8. The summed E-state index contributed by atoms with van der Waals surface area (Å²) in [6.45, 7) is 7.39. The summed E-state index contributed by atoms with van der Waals surface area (Å²) < 4.78 is 28.7. The number of aryl methyl sites for hydroxylation is 2. The van der Waals surface area contributed by atoms with Gasteiger partial charge < -0.3 is 4.74 Å². The van der Waals surface area contributed by atoms with E-state index in [2.05, 4.69) is 4.90 Å². The monoisotopic (exact) mass is 312 g/mol. The van der Waals surface area contributed by atoms with Gasteiger partial charge in [0, 0.05) is 6.54 Å². The second kappa shape index (κ2) is 6.77. The molecule has 0 aromatic heterocycles. The molecule has 21 heavy (non-hydrogen) atoms. The van der Waals surface area contributed by atoms with Crippen molar-refractivity contribution in [1.29, 1.82) is 0 Å². The molecule has 0 radical (unpaired) electrons. The van der Waals surface area contributed by atoms with Crippen LogP contribution in [0.5, 0.6) is 5.75 Å². The van der Waals surface area contributed by atoms with Gasteiger partial charge in [0.05, 0.1) is 4.90 Å². The fourth-order valence-electron chi connectivity index (χ4n) is 2.69. The minimum atomic E-state index is -3.67. The molecule has 1 heterocycles. The van der Waals surface area contributed by atoms with Crippen LogP contribution in [0.15, 0.2) is 17.0 Å². The maximum absolute atomic E-state index is 11.5. The van der Waals surface area contributed by atoms with Gasteiger partial charge in [-0.2, -0.15) is 0 Å². The normalized spacial score (nSPS) is 16.9. The topological polar surface area (TPSA) is 72.6 Å². The summed E-state index contributed by atoms with van der Waals surface area (Å²) in [6, 6.07) is 3.34. The molecular weight excluding hydrogens is 288 g/mol. The number of benzene rings is 1. The van der Waals surface area contributed by atoms with Crippen LogP contribution in [0.25, 0.3) is 0 Å². The summed E-state index contributed by atoms with van der Waals surface area (Å²) in [6.07, 6.45) is 3.85. The molecule has 1 aromatic rings. The van der Waals surface area contributed by atoms with Crippen molar-refractivity contribution in [3.8, 4) is 5.75 Å². The minimum absolute atomic E-state index is 0.170. The lowest BCUT2D eigenvalue weighted by Crippen LogP contribution is -2.33. The Hall–Kier alpha value is -1.11. The van der Waals surface area contributed by atoms with E-state index in [-0.39, 0.29) is 4.90 Å².